The normalized spacial score (nSPS) is 15.8. The number of carbonyl (C=O) groups is 2. The maximum Gasteiger partial charge on any atom is 0.307 e. The zero-order chi connectivity index (χ0) is 24.5. The van der Waals surface area contributed by atoms with Crippen molar-refractivity contribution >= 4 is 39.0 Å². The molecule has 1 aromatic carbocycles. The van der Waals surface area contributed by atoms with Crippen LogP contribution in [0.5, 0.6) is 0 Å². The average Bonchev–Trinajstić information content (AvgIpc) is 3.48. The molecule has 180 valence electrons. The van der Waals surface area contributed by atoms with Crippen molar-refractivity contribution in [2.75, 3.05) is 47.3 Å². The number of rotatable bonds is 6. The predicted octanol–water partition coefficient (Wildman–Crippen LogP) is 1.43. The van der Waals surface area contributed by atoms with Gasteiger partial charge in [0.1, 0.15) is 5.70 Å². The first-order valence-electron chi connectivity index (χ1n) is 10.8. The van der Waals surface area contributed by atoms with E-state index in [-0.39, 0.29) is 17.4 Å². The molecule has 3 heterocycles. The summed E-state index contributed by atoms with van der Waals surface area (Å²) in [5.74, 6) is -0.849. The van der Waals surface area contributed by atoms with Crippen molar-refractivity contribution in [1.29, 1.82) is 0 Å². The molecule has 1 N–H and O–H groups in total. The second-order valence-corrected chi connectivity index (χ2v) is 10.3. The van der Waals surface area contributed by atoms with E-state index >= 15 is 0 Å². The van der Waals surface area contributed by atoms with Crippen LogP contribution in [0.2, 0.25) is 0 Å². The Balaban J connectivity index is 1.79. The number of furan rings is 1. The Morgan fingerprint density at radius 2 is 1.76 bits per heavy atom. The number of fused-ring (bicyclic) bond motifs is 1. The topological polar surface area (TPSA) is 108 Å². The van der Waals surface area contributed by atoms with Crippen LogP contribution in [0.3, 0.4) is 0 Å². The average molecular weight is 486 g/mol. The molecule has 0 saturated carbocycles. The highest BCUT2D eigenvalue weighted by molar-refractivity contribution is 7.87. The molecule has 0 spiro atoms. The predicted molar refractivity (Wildman–Crippen MR) is 128 cm³/mol. The van der Waals surface area contributed by atoms with Gasteiger partial charge in [0.15, 0.2) is 5.76 Å². The molecule has 0 unspecified atom stereocenters. The number of hydrogen-bond donors (Lipinski definition) is 1. The summed E-state index contributed by atoms with van der Waals surface area (Å²) in [6.45, 7) is 2.46. The monoisotopic (exact) mass is 485 g/mol. The van der Waals surface area contributed by atoms with Crippen molar-refractivity contribution in [2.24, 2.45) is 0 Å². The summed E-state index contributed by atoms with van der Waals surface area (Å²) in [7, 11) is 1.08. The molecule has 1 saturated heterocycles. The lowest BCUT2D eigenvalue weighted by Gasteiger charge is -2.32. The zero-order valence-electron chi connectivity index (χ0n) is 19.3. The fourth-order valence-electron chi connectivity index (χ4n) is 3.74. The Bertz CT molecular complexity index is 1330. The summed E-state index contributed by atoms with van der Waals surface area (Å²) < 4.78 is 33.2. The zero-order valence-corrected chi connectivity index (χ0v) is 20.1. The molecule has 1 aliphatic heterocycles. The van der Waals surface area contributed by atoms with Crippen molar-refractivity contribution < 1.29 is 22.4 Å². The molecule has 1 aliphatic rings. The molecule has 1 fully saturated rings. The summed E-state index contributed by atoms with van der Waals surface area (Å²) in [4.78, 5) is 29.9. The summed E-state index contributed by atoms with van der Waals surface area (Å²) in [6, 6.07) is 10.1. The fraction of sp³-hybridized carbons (Fsp3) is 0.304. The van der Waals surface area contributed by atoms with Gasteiger partial charge < -0.3 is 19.5 Å². The molecular formula is C23H27N5O5S. The van der Waals surface area contributed by atoms with E-state index in [4.69, 9.17) is 4.42 Å². The Morgan fingerprint density at radius 3 is 2.41 bits per heavy atom. The minimum absolute atomic E-state index is 0.0381. The molecule has 2 amide bonds. The van der Waals surface area contributed by atoms with Crippen LogP contribution < -0.4 is 5.32 Å². The van der Waals surface area contributed by atoms with Crippen LogP contribution in [-0.4, -0.2) is 85.6 Å². The number of para-hydroxylation sites is 1. The Kier molecular flexibility index (Phi) is 6.60. The largest absolute Gasteiger partial charge is 0.459 e. The Labute approximate surface area is 198 Å². The van der Waals surface area contributed by atoms with Gasteiger partial charge in [-0.25, -0.2) is 3.97 Å². The van der Waals surface area contributed by atoms with Gasteiger partial charge in [0.05, 0.1) is 11.8 Å². The molecule has 0 atom stereocenters. The molecular weight excluding hydrogens is 458 g/mol. The third kappa shape index (κ3) is 4.63. The van der Waals surface area contributed by atoms with Crippen molar-refractivity contribution in [3.8, 4) is 0 Å². The standard InChI is InChI=1S/C23H27N5O5S/c1-25(2)34(31,32)28-16-17(18-7-4-5-8-20(18)28)15-19(24-22(29)21-9-6-14-33-21)23(30)27-12-10-26(3)11-13-27/h4-9,14-16H,10-13H2,1-3H3,(H,24,29). The number of benzene rings is 1. The molecule has 4 rings (SSSR count). The maximum atomic E-state index is 13.4. The van der Waals surface area contributed by atoms with Crippen LogP contribution in [0.1, 0.15) is 16.1 Å². The van der Waals surface area contributed by atoms with E-state index in [2.05, 4.69) is 10.2 Å². The second kappa shape index (κ2) is 9.45. The Morgan fingerprint density at radius 1 is 1.06 bits per heavy atom. The molecule has 0 aliphatic carbocycles. The van der Waals surface area contributed by atoms with Gasteiger partial charge in [0, 0.05) is 57.4 Å². The molecule has 10 nitrogen and oxygen atoms in total. The number of nitrogens with zero attached hydrogens (tertiary/aromatic N) is 4. The number of amides is 2. The fourth-order valence-corrected chi connectivity index (χ4v) is 4.74. The minimum Gasteiger partial charge on any atom is -0.459 e. The van der Waals surface area contributed by atoms with E-state index < -0.39 is 16.1 Å². The summed E-state index contributed by atoms with van der Waals surface area (Å²) in [6.07, 6.45) is 4.35. The first-order valence-corrected chi connectivity index (χ1v) is 12.2. The van der Waals surface area contributed by atoms with Gasteiger partial charge in [-0.2, -0.15) is 12.7 Å². The number of likely N-dealkylation sites (N-methyl/N-ethyl adjacent to an activating group) is 1. The number of nitrogens with one attached hydrogen (secondary N) is 1. The SMILES string of the molecule is CN1CCN(C(=O)C(=Cc2cn(S(=O)(=O)N(C)C)c3ccccc23)NC(=O)c2ccco2)CC1. The van der Waals surface area contributed by atoms with Crippen LogP contribution in [0.4, 0.5) is 0 Å². The molecule has 0 radical (unpaired) electrons. The van der Waals surface area contributed by atoms with E-state index in [1.807, 2.05) is 7.05 Å². The van der Waals surface area contributed by atoms with Crippen LogP contribution in [0, 0.1) is 0 Å². The summed E-state index contributed by atoms with van der Waals surface area (Å²) >= 11 is 0. The quantitative estimate of drug-likeness (QED) is 0.530. The number of piperazine rings is 1. The Hall–Kier alpha value is -3.41. The third-order valence-corrected chi connectivity index (χ3v) is 7.45. The van der Waals surface area contributed by atoms with Gasteiger partial charge in [-0.15, -0.1) is 0 Å². The van der Waals surface area contributed by atoms with Crippen LogP contribution in [0.25, 0.3) is 17.0 Å². The smallest absolute Gasteiger partial charge is 0.307 e. The number of hydrogen-bond acceptors (Lipinski definition) is 6. The second-order valence-electron chi connectivity index (χ2n) is 8.27. The summed E-state index contributed by atoms with van der Waals surface area (Å²) in [5.41, 5.74) is 0.987. The van der Waals surface area contributed by atoms with Gasteiger partial charge in [0.25, 0.3) is 11.8 Å². The lowest BCUT2D eigenvalue weighted by molar-refractivity contribution is -0.128. The van der Waals surface area contributed by atoms with Crippen molar-refractivity contribution in [1.82, 2.24) is 23.4 Å². The molecule has 0 bridgehead atoms. The van der Waals surface area contributed by atoms with Crippen molar-refractivity contribution in [2.45, 2.75) is 0 Å². The van der Waals surface area contributed by atoms with E-state index in [0.717, 1.165) is 4.31 Å². The van der Waals surface area contributed by atoms with Crippen LogP contribution in [0.15, 0.2) is 59.0 Å². The van der Waals surface area contributed by atoms with E-state index in [9.17, 15) is 18.0 Å². The molecule has 3 aromatic rings. The van der Waals surface area contributed by atoms with Gasteiger partial charge in [-0.05, 0) is 31.3 Å². The summed E-state index contributed by atoms with van der Waals surface area (Å²) in [5, 5.41) is 3.29. The highest BCUT2D eigenvalue weighted by Gasteiger charge is 2.26. The van der Waals surface area contributed by atoms with Crippen molar-refractivity contribution in [3.05, 3.63) is 65.9 Å². The van der Waals surface area contributed by atoms with Gasteiger partial charge >= 0.3 is 10.2 Å². The highest BCUT2D eigenvalue weighted by Crippen LogP contribution is 2.26. The number of carbonyl (C=O) groups excluding carboxylic acids is 2. The lowest BCUT2D eigenvalue weighted by Crippen LogP contribution is -2.49. The first kappa shape index (κ1) is 23.7. The molecule has 11 heteroatoms. The number of aromatic nitrogens is 1. The minimum atomic E-state index is -3.81. The molecule has 34 heavy (non-hydrogen) atoms. The van der Waals surface area contributed by atoms with Crippen molar-refractivity contribution in [3.63, 3.8) is 0 Å². The highest BCUT2D eigenvalue weighted by atomic mass is 32.2. The third-order valence-electron chi connectivity index (χ3n) is 5.73. The van der Waals surface area contributed by atoms with Crippen LogP contribution in [-0.2, 0) is 15.0 Å². The lowest BCUT2D eigenvalue weighted by atomic mass is 10.1. The van der Waals surface area contributed by atoms with Crippen LogP contribution >= 0.6 is 0 Å². The molecule has 2 aromatic heterocycles. The van der Waals surface area contributed by atoms with E-state index in [1.54, 1.807) is 35.2 Å². The first-order chi connectivity index (χ1) is 16.2. The van der Waals surface area contributed by atoms with Gasteiger partial charge in [-0.3, -0.25) is 9.59 Å². The van der Waals surface area contributed by atoms with Gasteiger partial charge in [-0.1, -0.05) is 18.2 Å². The maximum absolute atomic E-state index is 13.4. The van der Waals surface area contributed by atoms with E-state index in [1.165, 1.54) is 42.7 Å². The van der Waals surface area contributed by atoms with E-state index in [0.29, 0.717) is 42.6 Å². The van der Waals surface area contributed by atoms with Gasteiger partial charge in [0.2, 0.25) is 0 Å².